The first-order valence-electron chi connectivity index (χ1n) is 5.27. The summed E-state index contributed by atoms with van der Waals surface area (Å²) in [4.78, 5) is 12.8. The average molecular weight is 266 g/mol. The number of thiophene rings is 1. The minimum Gasteiger partial charge on any atom is -0.351 e. The predicted octanol–water partition coefficient (Wildman–Crippen LogP) is 3.26. The summed E-state index contributed by atoms with van der Waals surface area (Å²) < 4.78 is 0. The van der Waals surface area contributed by atoms with Crippen LogP contribution in [-0.4, -0.2) is 5.91 Å². The van der Waals surface area contributed by atoms with Crippen molar-refractivity contribution in [2.75, 3.05) is 0 Å². The van der Waals surface area contributed by atoms with Crippen LogP contribution >= 0.6 is 22.9 Å². The van der Waals surface area contributed by atoms with Crippen molar-refractivity contribution in [1.29, 1.82) is 0 Å². The van der Waals surface area contributed by atoms with Gasteiger partial charge in [0.25, 0.3) is 0 Å². The van der Waals surface area contributed by atoms with Crippen LogP contribution in [0, 0.1) is 0 Å². The third-order valence-corrected chi connectivity index (χ3v) is 3.41. The Kier molecular flexibility index (Phi) is 4.18. The summed E-state index contributed by atoms with van der Waals surface area (Å²) in [6.45, 7) is 0.594. The van der Waals surface area contributed by atoms with Crippen LogP contribution in [0.3, 0.4) is 0 Å². The summed E-state index contributed by atoms with van der Waals surface area (Å²) in [5, 5.41) is 5.54. The fraction of sp³-hybridized carbons (Fsp3) is 0.154. The molecule has 0 radical (unpaired) electrons. The number of carbonyl (C=O) groups excluding carboxylic acids is 1. The topological polar surface area (TPSA) is 29.1 Å². The van der Waals surface area contributed by atoms with Crippen LogP contribution in [0.4, 0.5) is 0 Å². The van der Waals surface area contributed by atoms with Gasteiger partial charge in [0.2, 0.25) is 5.91 Å². The van der Waals surface area contributed by atoms with Gasteiger partial charge in [-0.05, 0) is 29.1 Å². The zero-order chi connectivity index (χ0) is 12.1. The fourth-order valence-corrected chi connectivity index (χ4v) is 2.35. The molecule has 17 heavy (non-hydrogen) atoms. The smallest absolute Gasteiger partial charge is 0.224 e. The Labute approximate surface area is 109 Å². The van der Waals surface area contributed by atoms with Gasteiger partial charge in [-0.2, -0.15) is 0 Å². The molecule has 1 heterocycles. The highest BCUT2D eigenvalue weighted by Gasteiger charge is 2.03. The van der Waals surface area contributed by atoms with Gasteiger partial charge in [0.15, 0.2) is 0 Å². The molecule has 2 aromatic rings. The molecule has 88 valence electrons. The second-order valence-corrected chi connectivity index (χ2v) is 5.13. The highest BCUT2D eigenvalue weighted by Crippen LogP contribution is 2.11. The first-order valence-corrected chi connectivity index (χ1v) is 6.53. The second-order valence-electron chi connectivity index (χ2n) is 3.66. The van der Waals surface area contributed by atoms with Crippen LogP contribution in [0.25, 0.3) is 0 Å². The lowest BCUT2D eigenvalue weighted by Gasteiger charge is -2.04. The molecular formula is C13H12ClNOS. The number of hydrogen-bond acceptors (Lipinski definition) is 2. The van der Waals surface area contributed by atoms with E-state index >= 15 is 0 Å². The molecule has 0 bridgehead atoms. The van der Waals surface area contributed by atoms with Gasteiger partial charge in [-0.15, -0.1) is 11.3 Å². The summed E-state index contributed by atoms with van der Waals surface area (Å²) in [5.41, 5.74) is 0.932. The van der Waals surface area contributed by atoms with Crippen molar-refractivity contribution in [2.45, 2.75) is 13.0 Å². The normalized spacial score (nSPS) is 10.2. The van der Waals surface area contributed by atoms with E-state index in [1.54, 1.807) is 17.4 Å². The molecular weight excluding hydrogens is 254 g/mol. The maximum atomic E-state index is 11.7. The van der Waals surface area contributed by atoms with E-state index in [0.717, 1.165) is 10.4 Å². The van der Waals surface area contributed by atoms with E-state index in [-0.39, 0.29) is 5.91 Å². The minimum absolute atomic E-state index is 0.0145. The van der Waals surface area contributed by atoms with E-state index in [4.69, 9.17) is 11.6 Å². The van der Waals surface area contributed by atoms with Gasteiger partial charge >= 0.3 is 0 Å². The molecule has 1 N–H and O–H groups in total. The predicted molar refractivity (Wildman–Crippen MR) is 71.3 cm³/mol. The lowest BCUT2D eigenvalue weighted by Crippen LogP contribution is -2.24. The zero-order valence-corrected chi connectivity index (χ0v) is 10.7. The van der Waals surface area contributed by atoms with Crippen molar-refractivity contribution >= 4 is 28.8 Å². The molecule has 0 saturated heterocycles. The molecule has 0 unspecified atom stereocenters. The van der Waals surface area contributed by atoms with E-state index in [9.17, 15) is 4.79 Å². The third kappa shape index (κ3) is 3.88. The van der Waals surface area contributed by atoms with Crippen molar-refractivity contribution in [1.82, 2.24) is 5.32 Å². The molecule has 1 amide bonds. The average Bonchev–Trinajstić information content (AvgIpc) is 2.79. The molecule has 0 aliphatic carbocycles. The number of halogens is 1. The summed E-state index contributed by atoms with van der Waals surface area (Å²) >= 11 is 7.49. The van der Waals surface area contributed by atoms with Crippen LogP contribution in [0.2, 0.25) is 5.02 Å². The number of rotatable bonds is 4. The van der Waals surface area contributed by atoms with Gasteiger partial charge < -0.3 is 5.32 Å². The number of carbonyl (C=O) groups is 1. The highest BCUT2D eigenvalue weighted by atomic mass is 35.5. The quantitative estimate of drug-likeness (QED) is 0.903. The number of nitrogens with one attached hydrogen (secondary N) is 1. The van der Waals surface area contributed by atoms with Gasteiger partial charge in [0, 0.05) is 9.90 Å². The molecule has 0 aliphatic heterocycles. The van der Waals surface area contributed by atoms with Crippen LogP contribution in [0.5, 0.6) is 0 Å². The maximum absolute atomic E-state index is 11.7. The van der Waals surface area contributed by atoms with Crippen molar-refractivity contribution in [3.8, 4) is 0 Å². The summed E-state index contributed by atoms with van der Waals surface area (Å²) in [6, 6.07) is 11.3. The Bertz CT molecular complexity index is 496. The minimum atomic E-state index is 0.0145. The molecule has 1 aromatic carbocycles. The zero-order valence-electron chi connectivity index (χ0n) is 9.15. The number of hydrogen-bond donors (Lipinski definition) is 1. The number of benzene rings is 1. The summed E-state index contributed by atoms with van der Waals surface area (Å²) in [6.07, 6.45) is 0.367. The Morgan fingerprint density at radius 3 is 2.88 bits per heavy atom. The lowest BCUT2D eigenvalue weighted by molar-refractivity contribution is -0.120. The molecule has 4 heteroatoms. The highest BCUT2D eigenvalue weighted by molar-refractivity contribution is 7.09. The second kappa shape index (κ2) is 5.84. The maximum Gasteiger partial charge on any atom is 0.224 e. The van der Waals surface area contributed by atoms with Gasteiger partial charge in [-0.3, -0.25) is 4.79 Å². The van der Waals surface area contributed by atoms with Crippen molar-refractivity contribution in [2.24, 2.45) is 0 Å². The molecule has 1 aromatic heterocycles. The Morgan fingerprint density at radius 1 is 1.29 bits per heavy atom. The summed E-state index contributed by atoms with van der Waals surface area (Å²) in [7, 11) is 0. The van der Waals surface area contributed by atoms with Gasteiger partial charge in [-0.1, -0.05) is 29.8 Å². The molecule has 0 fully saturated rings. The summed E-state index contributed by atoms with van der Waals surface area (Å²) in [5.74, 6) is 0.0145. The van der Waals surface area contributed by atoms with E-state index in [2.05, 4.69) is 5.32 Å². The molecule has 0 atom stereocenters. The molecule has 2 rings (SSSR count). The monoisotopic (exact) mass is 265 g/mol. The molecule has 0 spiro atoms. The third-order valence-electron chi connectivity index (χ3n) is 2.29. The van der Waals surface area contributed by atoms with Gasteiger partial charge in [-0.25, -0.2) is 0 Å². The van der Waals surface area contributed by atoms with E-state index < -0.39 is 0 Å². The fourth-order valence-electron chi connectivity index (χ4n) is 1.49. The standard InChI is InChI=1S/C13H12ClNOS/c14-11-4-1-3-10(7-11)8-13(16)15-9-12-5-2-6-17-12/h1-7H,8-9H2,(H,15,16). The molecule has 0 saturated carbocycles. The van der Waals surface area contributed by atoms with E-state index in [0.29, 0.717) is 18.0 Å². The Balaban J connectivity index is 1.85. The van der Waals surface area contributed by atoms with Crippen molar-refractivity contribution < 1.29 is 4.79 Å². The SMILES string of the molecule is O=C(Cc1cccc(Cl)c1)NCc1cccs1. The van der Waals surface area contributed by atoms with Crippen molar-refractivity contribution in [3.05, 3.63) is 57.2 Å². The molecule has 0 aliphatic rings. The Morgan fingerprint density at radius 2 is 2.18 bits per heavy atom. The van der Waals surface area contributed by atoms with Crippen LogP contribution in [0.1, 0.15) is 10.4 Å². The van der Waals surface area contributed by atoms with Crippen LogP contribution in [-0.2, 0) is 17.8 Å². The molecule has 2 nitrogen and oxygen atoms in total. The lowest BCUT2D eigenvalue weighted by atomic mass is 10.1. The first kappa shape index (κ1) is 12.1. The van der Waals surface area contributed by atoms with Crippen LogP contribution < -0.4 is 5.32 Å². The van der Waals surface area contributed by atoms with E-state index in [1.165, 1.54) is 0 Å². The Hall–Kier alpha value is -1.32. The number of amides is 1. The van der Waals surface area contributed by atoms with Gasteiger partial charge in [0.1, 0.15) is 0 Å². The largest absolute Gasteiger partial charge is 0.351 e. The van der Waals surface area contributed by atoms with E-state index in [1.807, 2.05) is 35.7 Å². The van der Waals surface area contributed by atoms with Crippen LogP contribution in [0.15, 0.2) is 41.8 Å². The van der Waals surface area contributed by atoms with Gasteiger partial charge in [0.05, 0.1) is 13.0 Å². The first-order chi connectivity index (χ1) is 8.24. The van der Waals surface area contributed by atoms with Crippen molar-refractivity contribution in [3.63, 3.8) is 0 Å².